The number of hydrogen-bond acceptors (Lipinski definition) is 2. The van der Waals surface area contributed by atoms with Crippen LogP contribution in [0.1, 0.15) is 44.9 Å². The molecule has 0 aromatic carbocycles. The van der Waals surface area contributed by atoms with E-state index in [0.717, 1.165) is 31.2 Å². The average molecular weight is 305 g/mol. The third-order valence-electron chi connectivity index (χ3n) is 6.43. The number of rotatable bonds is 1. The number of fused-ring (bicyclic) bond motifs is 2. The Morgan fingerprint density at radius 2 is 1.86 bits per heavy atom. The van der Waals surface area contributed by atoms with E-state index in [1.807, 2.05) is 9.80 Å². The van der Waals surface area contributed by atoms with Gasteiger partial charge in [-0.05, 0) is 31.1 Å². The highest BCUT2D eigenvalue weighted by molar-refractivity contribution is 5.81. The first-order chi connectivity index (χ1) is 10.7. The summed E-state index contributed by atoms with van der Waals surface area (Å²) in [6.45, 7) is 2.83. The molecule has 4 aliphatic rings. The van der Waals surface area contributed by atoms with Gasteiger partial charge in [0.05, 0.1) is 6.04 Å². The van der Waals surface area contributed by atoms with Gasteiger partial charge in [0, 0.05) is 32.1 Å². The minimum Gasteiger partial charge on any atom is -0.339 e. The van der Waals surface area contributed by atoms with Crippen molar-refractivity contribution in [3.8, 4) is 0 Å². The van der Waals surface area contributed by atoms with E-state index in [1.54, 1.807) is 0 Å². The lowest BCUT2D eigenvalue weighted by Crippen LogP contribution is -2.55. The molecule has 0 unspecified atom stereocenters. The minimum atomic E-state index is 0.0415. The summed E-state index contributed by atoms with van der Waals surface area (Å²) in [5.74, 6) is 2.30. The van der Waals surface area contributed by atoms with Crippen molar-refractivity contribution in [2.24, 2.45) is 17.8 Å². The average Bonchev–Trinajstić information content (AvgIpc) is 2.94. The predicted octanol–water partition coefficient (Wildman–Crippen LogP) is 1.83. The van der Waals surface area contributed by atoms with Crippen LogP contribution in [0, 0.1) is 17.8 Å². The first kappa shape index (κ1) is 14.3. The largest absolute Gasteiger partial charge is 0.339 e. The zero-order valence-corrected chi connectivity index (χ0v) is 13.3. The van der Waals surface area contributed by atoms with Crippen LogP contribution in [0.5, 0.6) is 0 Å². The smallest absolute Gasteiger partial charge is 0.317 e. The Hall–Kier alpha value is -1.26. The summed E-state index contributed by atoms with van der Waals surface area (Å²) in [5, 5.41) is 2.89. The van der Waals surface area contributed by atoms with Gasteiger partial charge in [-0.1, -0.05) is 25.7 Å². The molecule has 4 fully saturated rings. The molecule has 1 N–H and O–H groups in total. The molecule has 4 rings (SSSR count). The van der Waals surface area contributed by atoms with Crippen LogP contribution in [-0.2, 0) is 4.79 Å². The van der Waals surface area contributed by atoms with Crippen molar-refractivity contribution in [3.05, 3.63) is 0 Å². The first-order valence-electron chi connectivity index (χ1n) is 9.05. The Bertz CT molecular complexity index is 467. The number of piperazine rings is 1. The Morgan fingerprint density at radius 3 is 2.73 bits per heavy atom. The van der Waals surface area contributed by atoms with Crippen LogP contribution < -0.4 is 5.32 Å². The highest BCUT2D eigenvalue weighted by atomic mass is 16.2. The van der Waals surface area contributed by atoms with Gasteiger partial charge in [0.2, 0.25) is 5.91 Å². The van der Waals surface area contributed by atoms with Crippen LogP contribution in [0.25, 0.3) is 0 Å². The molecule has 5 heteroatoms. The molecule has 3 amide bonds. The highest BCUT2D eigenvalue weighted by Gasteiger charge is 2.40. The van der Waals surface area contributed by atoms with Crippen molar-refractivity contribution in [1.82, 2.24) is 15.1 Å². The van der Waals surface area contributed by atoms with Gasteiger partial charge in [0.15, 0.2) is 0 Å². The van der Waals surface area contributed by atoms with Crippen molar-refractivity contribution in [2.75, 3.05) is 26.2 Å². The number of carbonyl (C=O) groups excluding carboxylic acids is 2. The maximum absolute atomic E-state index is 12.9. The summed E-state index contributed by atoms with van der Waals surface area (Å²) < 4.78 is 0. The molecular formula is C17H27N3O2. The summed E-state index contributed by atoms with van der Waals surface area (Å²) in [7, 11) is 0. The fourth-order valence-electron chi connectivity index (χ4n) is 5.16. The molecule has 2 aliphatic heterocycles. The molecule has 2 saturated carbocycles. The molecule has 0 radical (unpaired) electrons. The molecule has 2 heterocycles. The van der Waals surface area contributed by atoms with Crippen LogP contribution in [0.4, 0.5) is 4.79 Å². The van der Waals surface area contributed by atoms with E-state index in [1.165, 1.54) is 32.1 Å². The van der Waals surface area contributed by atoms with E-state index in [2.05, 4.69) is 5.32 Å². The number of amides is 3. The van der Waals surface area contributed by atoms with E-state index in [4.69, 9.17) is 0 Å². The summed E-state index contributed by atoms with van der Waals surface area (Å²) in [6.07, 6.45) is 8.93. The van der Waals surface area contributed by atoms with Gasteiger partial charge < -0.3 is 15.1 Å². The van der Waals surface area contributed by atoms with Crippen molar-refractivity contribution in [1.29, 1.82) is 0 Å². The molecule has 0 aromatic heterocycles. The molecule has 0 spiro atoms. The van der Waals surface area contributed by atoms with E-state index < -0.39 is 0 Å². The molecule has 2 aliphatic carbocycles. The number of nitrogens with one attached hydrogen (secondary N) is 1. The van der Waals surface area contributed by atoms with Gasteiger partial charge in [0.1, 0.15) is 0 Å². The third-order valence-corrected chi connectivity index (χ3v) is 6.43. The SMILES string of the molecule is O=C([C@@H]1CC[C@@H]2CCCC[C@@H]2C1)N1CCN2C(=O)NC[C@@H]2C1. The number of nitrogens with zero attached hydrogens (tertiary/aromatic N) is 2. The summed E-state index contributed by atoms with van der Waals surface area (Å²) in [6, 6.07) is 0.232. The van der Waals surface area contributed by atoms with Crippen LogP contribution in [0.3, 0.4) is 0 Å². The number of carbonyl (C=O) groups is 2. The van der Waals surface area contributed by atoms with E-state index in [-0.39, 0.29) is 18.0 Å². The van der Waals surface area contributed by atoms with Gasteiger partial charge >= 0.3 is 6.03 Å². The van der Waals surface area contributed by atoms with Gasteiger partial charge in [0.25, 0.3) is 0 Å². The molecule has 22 heavy (non-hydrogen) atoms. The molecule has 2 saturated heterocycles. The first-order valence-corrected chi connectivity index (χ1v) is 9.05. The molecule has 122 valence electrons. The maximum Gasteiger partial charge on any atom is 0.317 e. The Kier molecular flexibility index (Phi) is 3.74. The third kappa shape index (κ3) is 2.48. The molecule has 0 aromatic rings. The van der Waals surface area contributed by atoms with Crippen LogP contribution in [-0.4, -0.2) is 54.0 Å². The fraction of sp³-hybridized carbons (Fsp3) is 0.882. The summed E-state index contributed by atoms with van der Waals surface area (Å²) in [4.78, 5) is 28.5. The fourth-order valence-corrected chi connectivity index (χ4v) is 5.16. The van der Waals surface area contributed by atoms with Gasteiger partial charge in [-0.15, -0.1) is 0 Å². The Balaban J connectivity index is 1.37. The second-order valence-electron chi connectivity index (χ2n) is 7.63. The molecular weight excluding hydrogens is 278 g/mol. The lowest BCUT2D eigenvalue weighted by Gasteiger charge is -2.42. The second-order valence-corrected chi connectivity index (χ2v) is 7.63. The lowest BCUT2D eigenvalue weighted by molar-refractivity contribution is -0.140. The van der Waals surface area contributed by atoms with Crippen molar-refractivity contribution >= 4 is 11.9 Å². The second kappa shape index (κ2) is 5.74. The van der Waals surface area contributed by atoms with Gasteiger partial charge in [-0.25, -0.2) is 4.79 Å². The predicted molar refractivity (Wildman–Crippen MR) is 83.3 cm³/mol. The number of urea groups is 1. The zero-order chi connectivity index (χ0) is 15.1. The van der Waals surface area contributed by atoms with Gasteiger partial charge in [-0.2, -0.15) is 0 Å². The monoisotopic (exact) mass is 305 g/mol. The number of hydrogen-bond donors (Lipinski definition) is 1. The van der Waals surface area contributed by atoms with E-state index >= 15 is 0 Å². The van der Waals surface area contributed by atoms with Crippen molar-refractivity contribution in [3.63, 3.8) is 0 Å². The van der Waals surface area contributed by atoms with Crippen LogP contribution in [0.2, 0.25) is 0 Å². The van der Waals surface area contributed by atoms with Gasteiger partial charge in [-0.3, -0.25) is 4.79 Å². The highest BCUT2D eigenvalue weighted by Crippen LogP contribution is 2.43. The minimum absolute atomic E-state index is 0.0415. The van der Waals surface area contributed by atoms with E-state index in [0.29, 0.717) is 25.5 Å². The Labute approximate surface area is 132 Å². The van der Waals surface area contributed by atoms with E-state index in [9.17, 15) is 9.59 Å². The molecule has 0 bridgehead atoms. The standard InChI is InChI=1S/C17H27N3O2/c21-16(14-6-5-12-3-1-2-4-13(12)9-14)19-7-8-20-15(11-19)10-18-17(20)22/h12-15H,1-11H2,(H,18,22)/t12-,13+,14+,15+/m0/s1. The van der Waals surface area contributed by atoms with Crippen LogP contribution >= 0.6 is 0 Å². The topological polar surface area (TPSA) is 52.7 Å². The van der Waals surface area contributed by atoms with Crippen LogP contribution in [0.15, 0.2) is 0 Å². The van der Waals surface area contributed by atoms with Crippen molar-refractivity contribution in [2.45, 2.75) is 51.0 Å². The molecule has 5 nitrogen and oxygen atoms in total. The van der Waals surface area contributed by atoms with Crippen molar-refractivity contribution < 1.29 is 9.59 Å². The Morgan fingerprint density at radius 1 is 1.05 bits per heavy atom. The maximum atomic E-state index is 12.9. The summed E-state index contributed by atoms with van der Waals surface area (Å²) in [5.41, 5.74) is 0. The lowest BCUT2D eigenvalue weighted by atomic mass is 9.67. The quantitative estimate of drug-likeness (QED) is 0.803. The normalized spacial score (nSPS) is 38.3. The zero-order valence-electron chi connectivity index (χ0n) is 13.3. The summed E-state index contributed by atoms with van der Waals surface area (Å²) >= 11 is 0. The molecule has 4 atom stereocenters.